The van der Waals surface area contributed by atoms with E-state index in [1.807, 2.05) is 0 Å². The molecule has 1 aromatic heterocycles. The number of nitrogens with zero attached hydrogens (tertiary/aromatic N) is 1. The lowest BCUT2D eigenvalue weighted by molar-refractivity contribution is -0.384. The number of carboxylic acid groups (broad SMARTS) is 1. The van der Waals surface area contributed by atoms with Crippen LogP contribution in [-0.4, -0.2) is 35.1 Å². The van der Waals surface area contributed by atoms with Gasteiger partial charge in [-0.1, -0.05) is 6.07 Å². The Bertz CT molecular complexity index is 1200. The van der Waals surface area contributed by atoms with E-state index in [1.54, 1.807) is 12.1 Å². The summed E-state index contributed by atoms with van der Waals surface area (Å²) < 4.78 is 10.2. The van der Waals surface area contributed by atoms with Gasteiger partial charge in [0, 0.05) is 41.6 Å². The molecule has 0 radical (unpaired) electrons. The van der Waals surface area contributed by atoms with Crippen LogP contribution in [0.25, 0.3) is 11.0 Å². The molecule has 0 aliphatic carbocycles. The highest BCUT2D eigenvalue weighted by molar-refractivity contribution is 5.97. The van der Waals surface area contributed by atoms with Gasteiger partial charge in [-0.25, -0.2) is 9.59 Å². The zero-order valence-corrected chi connectivity index (χ0v) is 15.7. The van der Waals surface area contributed by atoms with Crippen molar-refractivity contribution in [2.24, 2.45) is 0 Å². The lowest BCUT2D eigenvalue weighted by atomic mass is 10.0. The number of carbonyl (C=O) groups is 2. The van der Waals surface area contributed by atoms with Crippen LogP contribution in [0.5, 0.6) is 5.75 Å². The van der Waals surface area contributed by atoms with E-state index in [1.165, 1.54) is 31.4 Å². The summed E-state index contributed by atoms with van der Waals surface area (Å²) in [7, 11) is 1.45. The molecule has 2 N–H and O–H groups in total. The molecule has 10 nitrogen and oxygen atoms in total. The number of carboxylic acids is 1. The van der Waals surface area contributed by atoms with Gasteiger partial charge in [-0.3, -0.25) is 14.9 Å². The third-order valence-electron chi connectivity index (χ3n) is 4.38. The number of aliphatic carboxylic acids is 1. The summed E-state index contributed by atoms with van der Waals surface area (Å²) in [5.74, 6) is -1.67. The number of ether oxygens (including phenoxy) is 1. The second kappa shape index (κ2) is 8.43. The van der Waals surface area contributed by atoms with Crippen molar-refractivity contribution in [1.82, 2.24) is 5.32 Å². The molecule has 10 heteroatoms. The van der Waals surface area contributed by atoms with Crippen molar-refractivity contribution in [1.29, 1.82) is 0 Å². The number of amides is 1. The lowest BCUT2D eigenvalue weighted by Crippen LogP contribution is -2.42. The first-order valence-electron chi connectivity index (χ1n) is 8.67. The third-order valence-corrected chi connectivity index (χ3v) is 4.38. The van der Waals surface area contributed by atoms with E-state index >= 15 is 0 Å². The average molecular weight is 412 g/mol. The van der Waals surface area contributed by atoms with Gasteiger partial charge in [0.2, 0.25) is 0 Å². The number of methoxy groups -OCH3 is 1. The van der Waals surface area contributed by atoms with Crippen LogP contribution in [0.1, 0.15) is 15.9 Å². The number of hydrogen-bond acceptors (Lipinski definition) is 7. The molecule has 0 unspecified atom stereocenters. The summed E-state index contributed by atoms with van der Waals surface area (Å²) >= 11 is 0. The Hall–Kier alpha value is -4.21. The van der Waals surface area contributed by atoms with Gasteiger partial charge in [-0.05, 0) is 23.8 Å². The molecule has 30 heavy (non-hydrogen) atoms. The summed E-state index contributed by atoms with van der Waals surface area (Å²) in [4.78, 5) is 46.3. The molecule has 154 valence electrons. The summed E-state index contributed by atoms with van der Waals surface area (Å²) in [5, 5.41) is 23.3. The molecule has 2 aromatic carbocycles. The van der Waals surface area contributed by atoms with Crippen molar-refractivity contribution < 1.29 is 28.8 Å². The fourth-order valence-electron chi connectivity index (χ4n) is 2.93. The van der Waals surface area contributed by atoms with Crippen LogP contribution >= 0.6 is 0 Å². The number of non-ortho nitro benzene ring substituents is 1. The van der Waals surface area contributed by atoms with Gasteiger partial charge in [0.05, 0.1) is 12.0 Å². The Balaban J connectivity index is 1.90. The number of nitrogens with one attached hydrogen (secondary N) is 1. The topological polar surface area (TPSA) is 149 Å². The van der Waals surface area contributed by atoms with E-state index < -0.39 is 28.5 Å². The highest BCUT2D eigenvalue weighted by Gasteiger charge is 2.23. The zero-order valence-electron chi connectivity index (χ0n) is 15.7. The minimum atomic E-state index is -1.39. The van der Waals surface area contributed by atoms with Gasteiger partial charge in [-0.2, -0.15) is 0 Å². The van der Waals surface area contributed by atoms with Crippen LogP contribution < -0.4 is 15.7 Å². The molecule has 0 aliphatic rings. The van der Waals surface area contributed by atoms with Gasteiger partial charge in [0.15, 0.2) is 0 Å². The molecule has 3 rings (SSSR count). The van der Waals surface area contributed by atoms with Crippen LogP contribution in [0.3, 0.4) is 0 Å². The van der Waals surface area contributed by atoms with Crippen LogP contribution in [0.15, 0.2) is 57.7 Å². The summed E-state index contributed by atoms with van der Waals surface area (Å²) in [6.45, 7) is 0. The fourth-order valence-corrected chi connectivity index (χ4v) is 2.93. The smallest absolute Gasteiger partial charge is 0.336 e. The zero-order chi connectivity index (χ0) is 21.8. The first kappa shape index (κ1) is 20.5. The minimum Gasteiger partial charge on any atom is -0.497 e. The van der Waals surface area contributed by atoms with E-state index in [0.29, 0.717) is 16.7 Å². The third kappa shape index (κ3) is 4.43. The molecule has 0 saturated carbocycles. The first-order valence-corrected chi connectivity index (χ1v) is 8.67. The van der Waals surface area contributed by atoms with Gasteiger partial charge >= 0.3 is 11.6 Å². The Morgan fingerprint density at radius 3 is 2.67 bits per heavy atom. The fraction of sp³-hybridized carbons (Fsp3) is 0.150. The molecule has 0 aliphatic heterocycles. The lowest BCUT2D eigenvalue weighted by Gasteiger charge is -2.15. The van der Waals surface area contributed by atoms with Crippen molar-refractivity contribution in [3.05, 3.63) is 80.2 Å². The second-order valence-corrected chi connectivity index (χ2v) is 6.33. The Morgan fingerprint density at radius 1 is 1.23 bits per heavy atom. The maximum atomic E-state index is 12.4. The SMILES string of the molecule is COc1ccc2c(C[C@@H](NC(=O)c3cccc([N+](=O)[O-])c3)C(=O)O)cc(=O)oc2c1. The quantitative estimate of drug-likeness (QED) is 0.340. The summed E-state index contributed by atoms with van der Waals surface area (Å²) in [6.07, 6.45) is -0.204. The largest absolute Gasteiger partial charge is 0.497 e. The summed E-state index contributed by atoms with van der Waals surface area (Å²) in [5.41, 5.74) is -0.464. The van der Waals surface area contributed by atoms with E-state index in [2.05, 4.69) is 5.32 Å². The Kier molecular flexibility index (Phi) is 5.77. The van der Waals surface area contributed by atoms with E-state index in [4.69, 9.17) is 9.15 Å². The standard InChI is InChI=1S/C20H16N2O8/c1-29-14-5-6-15-12(9-18(23)30-17(15)10-14)8-16(20(25)26)21-19(24)11-3-2-4-13(7-11)22(27)28/h2-7,9-10,16H,8H2,1H3,(H,21,24)(H,25,26)/t16-/m1/s1. The predicted molar refractivity (Wildman–Crippen MR) is 105 cm³/mol. The highest BCUT2D eigenvalue weighted by atomic mass is 16.6. The second-order valence-electron chi connectivity index (χ2n) is 6.33. The van der Waals surface area contributed by atoms with E-state index in [0.717, 1.165) is 12.1 Å². The van der Waals surface area contributed by atoms with Gasteiger partial charge in [0.25, 0.3) is 11.6 Å². The van der Waals surface area contributed by atoms with E-state index in [-0.39, 0.29) is 23.3 Å². The molecule has 0 spiro atoms. The number of rotatable bonds is 7. The number of nitro groups is 1. The number of hydrogen-bond donors (Lipinski definition) is 2. The molecule has 3 aromatic rings. The maximum Gasteiger partial charge on any atom is 0.336 e. The number of carbonyl (C=O) groups excluding carboxylic acids is 1. The Morgan fingerprint density at radius 2 is 2.00 bits per heavy atom. The summed E-state index contributed by atoms with van der Waals surface area (Å²) in [6, 6.07) is 9.44. The van der Waals surface area contributed by atoms with Crippen LogP contribution in [0.2, 0.25) is 0 Å². The van der Waals surface area contributed by atoms with Gasteiger partial charge in [-0.15, -0.1) is 0 Å². The predicted octanol–water partition coefficient (Wildman–Crippen LogP) is 2.14. The molecule has 1 heterocycles. The van der Waals surface area contributed by atoms with Gasteiger partial charge < -0.3 is 19.6 Å². The number of benzene rings is 2. The monoisotopic (exact) mass is 412 g/mol. The molecule has 0 bridgehead atoms. The van der Waals surface area contributed by atoms with Crippen molar-refractivity contribution >= 4 is 28.5 Å². The van der Waals surface area contributed by atoms with E-state index in [9.17, 15) is 29.6 Å². The average Bonchev–Trinajstić information content (AvgIpc) is 2.72. The van der Waals surface area contributed by atoms with Crippen LogP contribution in [-0.2, 0) is 11.2 Å². The van der Waals surface area contributed by atoms with Crippen molar-refractivity contribution in [3.63, 3.8) is 0 Å². The van der Waals surface area contributed by atoms with Crippen molar-refractivity contribution in [2.45, 2.75) is 12.5 Å². The molecule has 1 atom stereocenters. The number of fused-ring (bicyclic) bond motifs is 1. The maximum absolute atomic E-state index is 12.4. The van der Waals surface area contributed by atoms with Crippen LogP contribution in [0, 0.1) is 10.1 Å². The molecule has 0 fully saturated rings. The minimum absolute atomic E-state index is 0.0578. The number of nitro benzene ring substituents is 1. The normalized spacial score (nSPS) is 11.6. The molecule has 1 amide bonds. The molecular weight excluding hydrogens is 396 g/mol. The Labute approximate surface area is 168 Å². The molecule has 0 saturated heterocycles. The van der Waals surface area contributed by atoms with Crippen LogP contribution in [0.4, 0.5) is 5.69 Å². The first-order chi connectivity index (χ1) is 14.3. The van der Waals surface area contributed by atoms with Gasteiger partial charge in [0.1, 0.15) is 17.4 Å². The molecular formula is C20H16N2O8. The highest BCUT2D eigenvalue weighted by Crippen LogP contribution is 2.23. The van der Waals surface area contributed by atoms with Crippen molar-refractivity contribution in [2.75, 3.05) is 7.11 Å². The van der Waals surface area contributed by atoms with Crippen molar-refractivity contribution in [3.8, 4) is 5.75 Å².